The first-order valence-electron chi connectivity index (χ1n) is 11.3. The highest BCUT2D eigenvalue weighted by Crippen LogP contribution is 2.31. The number of benzene rings is 2. The lowest BCUT2D eigenvalue weighted by molar-refractivity contribution is -0.117. The van der Waals surface area contributed by atoms with E-state index in [2.05, 4.69) is 46.7 Å². The fraction of sp³-hybridized carbons (Fsp3) is 0.259. The Morgan fingerprint density at radius 2 is 1.88 bits per heavy atom. The summed E-state index contributed by atoms with van der Waals surface area (Å²) >= 11 is 1.52. The molecule has 1 aliphatic rings. The van der Waals surface area contributed by atoms with Crippen molar-refractivity contribution in [1.82, 2.24) is 10.6 Å². The number of rotatable bonds is 8. The number of fused-ring (bicyclic) bond motifs is 1. The van der Waals surface area contributed by atoms with Gasteiger partial charge in [0.25, 0.3) is 11.8 Å². The molecule has 1 atom stereocenters. The lowest BCUT2D eigenvalue weighted by Gasteiger charge is -2.25. The Balaban J connectivity index is 1.36. The van der Waals surface area contributed by atoms with Crippen LogP contribution in [0, 0.1) is 6.92 Å². The molecule has 33 heavy (non-hydrogen) atoms. The third-order valence-corrected chi connectivity index (χ3v) is 6.67. The molecule has 2 amide bonds. The first-order chi connectivity index (χ1) is 16.0. The van der Waals surface area contributed by atoms with Gasteiger partial charge in [-0.1, -0.05) is 42.0 Å². The summed E-state index contributed by atoms with van der Waals surface area (Å²) in [5.74, 6) is -0.575. The fourth-order valence-electron chi connectivity index (χ4n) is 4.09. The van der Waals surface area contributed by atoms with Gasteiger partial charge in [-0.05, 0) is 68.0 Å². The maximum absolute atomic E-state index is 12.9. The van der Waals surface area contributed by atoms with E-state index in [0.717, 1.165) is 29.8 Å². The standard InChI is InChI=1S/C27H29N3O2S/c1-19-10-12-21(13-11-19)26(31)29-24(18-23-8-5-16-33-23)27(32)28-14-6-15-30-20(2)17-22-7-3-4-9-25(22)30/h3-5,7-13,16,18,20H,6,14-15,17H2,1-2H3,(H,28,32)(H,29,31)/b24-18-/t20-/m1/s1. The summed E-state index contributed by atoms with van der Waals surface area (Å²) in [4.78, 5) is 29.0. The summed E-state index contributed by atoms with van der Waals surface area (Å²) in [6.07, 6.45) is 3.61. The largest absolute Gasteiger partial charge is 0.368 e. The Bertz CT molecular complexity index is 1140. The molecule has 170 valence electrons. The zero-order valence-electron chi connectivity index (χ0n) is 19.0. The molecular weight excluding hydrogens is 430 g/mol. The molecule has 0 spiro atoms. The van der Waals surface area contributed by atoms with Crippen LogP contribution in [-0.4, -0.2) is 30.9 Å². The molecule has 1 aliphatic heterocycles. The molecule has 2 aromatic carbocycles. The molecule has 0 bridgehead atoms. The number of thiophene rings is 1. The molecule has 2 N–H and O–H groups in total. The monoisotopic (exact) mass is 459 g/mol. The lowest BCUT2D eigenvalue weighted by atomic mass is 10.1. The van der Waals surface area contributed by atoms with E-state index in [0.29, 0.717) is 18.2 Å². The minimum absolute atomic E-state index is 0.253. The number of nitrogens with one attached hydrogen (secondary N) is 2. The zero-order chi connectivity index (χ0) is 23.2. The molecule has 3 aromatic rings. The van der Waals surface area contributed by atoms with Crippen molar-refractivity contribution in [3.05, 3.63) is 93.3 Å². The van der Waals surface area contributed by atoms with Crippen molar-refractivity contribution in [3.8, 4) is 0 Å². The molecule has 5 nitrogen and oxygen atoms in total. The number of anilines is 1. The maximum atomic E-state index is 12.9. The summed E-state index contributed by atoms with van der Waals surface area (Å²) in [5.41, 5.74) is 4.53. The number of carbonyl (C=O) groups excluding carboxylic acids is 2. The highest BCUT2D eigenvalue weighted by Gasteiger charge is 2.24. The van der Waals surface area contributed by atoms with Crippen LogP contribution in [0.5, 0.6) is 0 Å². The van der Waals surface area contributed by atoms with Crippen molar-refractivity contribution >= 4 is 34.9 Å². The van der Waals surface area contributed by atoms with Crippen molar-refractivity contribution in [2.75, 3.05) is 18.0 Å². The SMILES string of the molecule is Cc1ccc(C(=O)N/C(=C\c2cccs2)C(=O)NCCCN2c3ccccc3C[C@H]2C)cc1. The van der Waals surface area contributed by atoms with Gasteiger partial charge in [0.1, 0.15) is 5.70 Å². The Morgan fingerprint density at radius 1 is 1.09 bits per heavy atom. The Kier molecular flexibility index (Phi) is 7.25. The minimum atomic E-state index is -0.296. The van der Waals surface area contributed by atoms with E-state index in [1.807, 2.05) is 36.6 Å². The van der Waals surface area contributed by atoms with Crippen molar-refractivity contribution in [1.29, 1.82) is 0 Å². The Labute approximate surface area is 199 Å². The number of hydrogen-bond donors (Lipinski definition) is 2. The number of nitrogens with zero attached hydrogens (tertiary/aromatic N) is 1. The maximum Gasteiger partial charge on any atom is 0.267 e. The minimum Gasteiger partial charge on any atom is -0.368 e. The fourth-order valence-corrected chi connectivity index (χ4v) is 4.75. The quantitative estimate of drug-likeness (QED) is 0.376. The number of carbonyl (C=O) groups is 2. The second kappa shape index (κ2) is 10.5. The van der Waals surface area contributed by atoms with E-state index in [4.69, 9.17) is 0 Å². The van der Waals surface area contributed by atoms with Crippen LogP contribution >= 0.6 is 11.3 Å². The van der Waals surface area contributed by atoms with Gasteiger partial charge in [0.2, 0.25) is 0 Å². The van der Waals surface area contributed by atoms with Crippen molar-refractivity contribution in [3.63, 3.8) is 0 Å². The summed E-state index contributed by atoms with van der Waals surface area (Å²) in [5, 5.41) is 7.72. The van der Waals surface area contributed by atoms with Gasteiger partial charge in [-0.2, -0.15) is 0 Å². The zero-order valence-corrected chi connectivity index (χ0v) is 19.8. The van der Waals surface area contributed by atoms with E-state index in [9.17, 15) is 9.59 Å². The third kappa shape index (κ3) is 5.71. The molecule has 1 aromatic heterocycles. The summed E-state index contributed by atoms with van der Waals surface area (Å²) in [6, 6.07) is 20.1. The van der Waals surface area contributed by atoms with Gasteiger partial charge in [0, 0.05) is 35.3 Å². The second-order valence-electron chi connectivity index (χ2n) is 8.38. The molecule has 4 rings (SSSR count). The average Bonchev–Trinajstić information content (AvgIpc) is 3.43. The van der Waals surface area contributed by atoms with Crippen molar-refractivity contribution in [2.45, 2.75) is 32.7 Å². The number of para-hydroxylation sites is 1. The van der Waals surface area contributed by atoms with Gasteiger partial charge < -0.3 is 15.5 Å². The van der Waals surface area contributed by atoms with Gasteiger partial charge >= 0.3 is 0 Å². The lowest BCUT2D eigenvalue weighted by Crippen LogP contribution is -2.37. The number of amides is 2. The summed E-state index contributed by atoms with van der Waals surface area (Å²) in [6.45, 7) is 5.62. The van der Waals surface area contributed by atoms with E-state index >= 15 is 0 Å². The summed E-state index contributed by atoms with van der Waals surface area (Å²) in [7, 11) is 0. The van der Waals surface area contributed by atoms with Crippen LogP contribution in [0.4, 0.5) is 5.69 Å². The molecule has 2 heterocycles. The highest BCUT2D eigenvalue weighted by molar-refractivity contribution is 7.10. The van der Waals surface area contributed by atoms with Gasteiger partial charge in [-0.15, -0.1) is 11.3 Å². The van der Waals surface area contributed by atoms with Crippen LogP contribution < -0.4 is 15.5 Å². The van der Waals surface area contributed by atoms with Crippen LogP contribution in [0.2, 0.25) is 0 Å². The van der Waals surface area contributed by atoms with Gasteiger partial charge in [-0.25, -0.2) is 0 Å². The second-order valence-corrected chi connectivity index (χ2v) is 9.36. The Morgan fingerprint density at radius 3 is 2.64 bits per heavy atom. The molecule has 0 saturated heterocycles. The van der Waals surface area contributed by atoms with Crippen molar-refractivity contribution in [2.24, 2.45) is 0 Å². The Hall–Kier alpha value is -3.38. The van der Waals surface area contributed by atoms with Gasteiger partial charge in [-0.3, -0.25) is 9.59 Å². The van der Waals surface area contributed by atoms with Gasteiger partial charge in [0.05, 0.1) is 0 Å². The van der Waals surface area contributed by atoms with Crippen LogP contribution in [0.3, 0.4) is 0 Å². The normalized spacial score (nSPS) is 15.3. The van der Waals surface area contributed by atoms with E-state index < -0.39 is 0 Å². The van der Waals surface area contributed by atoms with E-state index in [1.54, 1.807) is 18.2 Å². The molecule has 0 aliphatic carbocycles. The average molecular weight is 460 g/mol. The van der Waals surface area contributed by atoms with Crippen LogP contribution in [0.1, 0.15) is 39.7 Å². The van der Waals surface area contributed by atoms with Gasteiger partial charge in [0.15, 0.2) is 0 Å². The van der Waals surface area contributed by atoms with Crippen molar-refractivity contribution < 1.29 is 9.59 Å². The topological polar surface area (TPSA) is 61.4 Å². The predicted octanol–water partition coefficient (Wildman–Crippen LogP) is 4.78. The molecule has 6 heteroatoms. The first kappa shape index (κ1) is 22.8. The highest BCUT2D eigenvalue weighted by atomic mass is 32.1. The summed E-state index contributed by atoms with van der Waals surface area (Å²) < 4.78 is 0. The molecule has 0 saturated carbocycles. The van der Waals surface area contributed by atoms with Crippen LogP contribution in [-0.2, 0) is 11.2 Å². The molecule has 0 radical (unpaired) electrons. The van der Waals surface area contributed by atoms with E-state index in [1.165, 1.54) is 22.6 Å². The number of hydrogen-bond acceptors (Lipinski definition) is 4. The predicted molar refractivity (Wildman–Crippen MR) is 136 cm³/mol. The smallest absolute Gasteiger partial charge is 0.267 e. The first-order valence-corrected chi connectivity index (χ1v) is 12.1. The molecule has 0 unspecified atom stereocenters. The molecule has 0 fully saturated rings. The van der Waals surface area contributed by atoms with E-state index in [-0.39, 0.29) is 17.5 Å². The number of aryl methyl sites for hydroxylation is 1. The van der Waals surface area contributed by atoms with Crippen LogP contribution in [0.15, 0.2) is 71.7 Å². The van der Waals surface area contributed by atoms with Crippen LogP contribution in [0.25, 0.3) is 6.08 Å². The third-order valence-electron chi connectivity index (χ3n) is 5.85. The molecular formula is C27H29N3O2S.